The lowest BCUT2D eigenvalue weighted by Gasteiger charge is -2.33. The first-order valence-electron chi connectivity index (χ1n) is 6.56. The fourth-order valence-corrected chi connectivity index (χ4v) is 3.79. The zero-order chi connectivity index (χ0) is 13.3. The molecule has 0 fully saturated rings. The Kier molecular flexibility index (Phi) is 4.23. The van der Waals surface area contributed by atoms with Crippen LogP contribution in [-0.2, 0) is 0 Å². The molecule has 0 aromatic carbocycles. The van der Waals surface area contributed by atoms with Crippen LogP contribution in [0.2, 0.25) is 0 Å². The van der Waals surface area contributed by atoms with Gasteiger partial charge in [-0.25, -0.2) is 0 Å². The second-order valence-corrected chi connectivity index (χ2v) is 8.27. The maximum atomic E-state index is 4.82. The number of nitrogens with zero attached hydrogens (tertiary/aromatic N) is 1. The van der Waals surface area contributed by atoms with Gasteiger partial charge in [-0.15, -0.1) is 0 Å². The van der Waals surface area contributed by atoms with Gasteiger partial charge in [-0.1, -0.05) is 39.5 Å². The van der Waals surface area contributed by atoms with Crippen LogP contribution in [0.1, 0.15) is 61.3 Å². The number of amidine groups is 1. The van der Waals surface area contributed by atoms with Crippen molar-refractivity contribution in [3.05, 3.63) is 0 Å². The Morgan fingerprint density at radius 2 is 1.88 bits per heavy atom. The molecule has 0 bridgehead atoms. The lowest BCUT2D eigenvalue weighted by molar-refractivity contribution is 0.268. The van der Waals surface area contributed by atoms with Crippen molar-refractivity contribution in [1.82, 2.24) is 5.32 Å². The van der Waals surface area contributed by atoms with Crippen molar-refractivity contribution in [1.29, 1.82) is 0 Å². The molecule has 0 radical (unpaired) electrons. The number of aliphatic imine (C=N–C) groups is 1. The van der Waals surface area contributed by atoms with E-state index in [-0.39, 0.29) is 11.1 Å². The molecule has 17 heavy (non-hydrogen) atoms. The van der Waals surface area contributed by atoms with Gasteiger partial charge in [-0.2, -0.15) is 0 Å². The average molecular weight is 256 g/mol. The molecule has 1 aliphatic rings. The highest BCUT2D eigenvalue weighted by Crippen LogP contribution is 2.32. The fraction of sp³-hybridized carbons (Fsp3) is 0.929. The number of nitrogens with one attached hydrogen (secondary N) is 1. The molecule has 1 unspecified atom stereocenters. The highest BCUT2D eigenvalue weighted by Gasteiger charge is 2.32. The maximum Gasteiger partial charge on any atom is 0.157 e. The molecule has 100 valence electrons. The molecular weight excluding hydrogens is 228 g/mol. The van der Waals surface area contributed by atoms with E-state index < -0.39 is 0 Å². The van der Waals surface area contributed by atoms with Crippen LogP contribution >= 0.6 is 11.8 Å². The summed E-state index contributed by atoms with van der Waals surface area (Å²) in [6.45, 7) is 15.9. The molecule has 1 atom stereocenters. The van der Waals surface area contributed by atoms with Crippen molar-refractivity contribution in [3.63, 3.8) is 0 Å². The standard InChI is InChI=1S/C14H28N2S/c1-8-14(7)10-17-11(16-14)15-13(5,6)9-12(2,3)4/h8-10H2,1-7H3,(H,15,16). The van der Waals surface area contributed by atoms with E-state index in [9.17, 15) is 0 Å². The van der Waals surface area contributed by atoms with Crippen LogP contribution in [0.25, 0.3) is 0 Å². The molecule has 1 rings (SSSR count). The summed E-state index contributed by atoms with van der Waals surface area (Å²) in [5.41, 5.74) is 0.599. The molecule has 3 heteroatoms. The van der Waals surface area contributed by atoms with Crippen LogP contribution < -0.4 is 5.32 Å². The second-order valence-electron chi connectivity index (χ2n) is 7.30. The summed E-state index contributed by atoms with van der Waals surface area (Å²) >= 11 is 1.87. The van der Waals surface area contributed by atoms with Crippen LogP contribution in [0.4, 0.5) is 0 Å². The summed E-state index contributed by atoms with van der Waals surface area (Å²) in [4.78, 5) is 4.82. The molecule has 1 heterocycles. The quantitative estimate of drug-likeness (QED) is 0.823. The molecule has 1 aliphatic heterocycles. The predicted molar refractivity (Wildman–Crippen MR) is 79.9 cm³/mol. The third-order valence-electron chi connectivity index (χ3n) is 3.07. The number of rotatable bonds is 3. The molecule has 2 nitrogen and oxygen atoms in total. The summed E-state index contributed by atoms with van der Waals surface area (Å²) < 4.78 is 0. The highest BCUT2D eigenvalue weighted by atomic mass is 32.2. The van der Waals surface area contributed by atoms with Gasteiger partial charge in [0.15, 0.2) is 5.17 Å². The SMILES string of the molecule is CCC1(C)CSC(NC(C)(C)CC(C)(C)C)=N1. The van der Waals surface area contributed by atoms with Gasteiger partial charge in [0.2, 0.25) is 0 Å². The maximum absolute atomic E-state index is 4.82. The van der Waals surface area contributed by atoms with Crippen LogP contribution in [0, 0.1) is 5.41 Å². The number of hydrogen-bond donors (Lipinski definition) is 1. The van der Waals surface area contributed by atoms with E-state index in [1.165, 1.54) is 0 Å². The van der Waals surface area contributed by atoms with E-state index in [0.29, 0.717) is 5.41 Å². The zero-order valence-electron chi connectivity index (χ0n) is 12.5. The smallest absolute Gasteiger partial charge is 0.157 e. The summed E-state index contributed by atoms with van der Waals surface area (Å²) in [6.07, 6.45) is 2.26. The van der Waals surface area contributed by atoms with Gasteiger partial charge in [0.05, 0.1) is 5.54 Å². The minimum Gasteiger partial charge on any atom is -0.360 e. The second kappa shape index (κ2) is 4.83. The molecule has 0 aromatic heterocycles. The molecule has 0 aliphatic carbocycles. The van der Waals surface area contributed by atoms with Gasteiger partial charge < -0.3 is 5.32 Å². The first kappa shape index (κ1) is 14.9. The summed E-state index contributed by atoms with van der Waals surface area (Å²) in [7, 11) is 0. The van der Waals surface area contributed by atoms with E-state index in [4.69, 9.17) is 4.99 Å². The molecule has 0 saturated heterocycles. The third-order valence-corrected chi connectivity index (χ3v) is 4.30. The van der Waals surface area contributed by atoms with Crippen LogP contribution in [-0.4, -0.2) is 22.0 Å². The molecular formula is C14H28N2S. The summed E-state index contributed by atoms with van der Waals surface area (Å²) in [5.74, 6) is 1.11. The lowest BCUT2D eigenvalue weighted by Crippen LogP contribution is -2.44. The Morgan fingerprint density at radius 1 is 1.29 bits per heavy atom. The largest absolute Gasteiger partial charge is 0.360 e. The zero-order valence-corrected chi connectivity index (χ0v) is 13.3. The van der Waals surface area contributed by atoms with Crippen molar-refractivity contribution >= 4 is 16.9 Å². The van der Waals surface area contributed by atoms with Crippen molar-refractivity contribution < 1.29 is 0 Å². The van der Waals surface area contributed by atoms with Crippen molar-refractivity contribution in [3.8, 4) is 0 Å². The van der Waals surface area contributed by atoms with Gasteiger partial charge in [-0.05, 0) is 39.0 Å². The number of thioether (sulfide) groups is 1. The highest BCUT2D eigenvalue weighted by molar-refractivity contribution is 8.14. The van der Waals surface area contributed by atoms with Gasteiger partial charge in [-0.3, -0.25) is 4.99 Å². The summed E-state index contributed by atoms with van der Waals surface area (Å²) in [6, 6.07) is 0. The third kappa shape index (κ3) is 4.90. The average Bonchev–Trinajstić information content (AvgIpc) is 2.43. The monoisotopic (exact) mass is 256 g/mol. The van der Waals surface area contributed by atoms with E-state index in [1.807, 2.05) is 11.8 Å². The predicted octanol–water partition coefficient (Wildman–Crippen LogP) is 4.06. The summed E-state index contributed by atoms with van der Waals surface area (Å²) in [5, 5.41) is 4.74. The lowest BCUT2D eigenvalue weighted by atomic mass is 9.82. The van der Waals surface area contributed by atoms with Crippen LogP contribution in [0.3, 0.4) is 0 Å². The van der Waals surface area contributed by atoms with Crippen molar-refractivity contribution in [2.24, 2.45) is 10.4 Å². The molecule has 1 N–H and O–H groups in total. The molecule has 0 spiro atoms. The van der Waals surface area contributed by atoms with Gasteiger partial charge in [0.1, 0.15) is 0 Å². The molecule has 0 amide bonds. The normalized spacial score (nSPS) is 25.9. The van der Waals surface area contributed by atoms with E-state index in [1.54, 1.807) is 0 Å². The van der Waals surface area contributed by atoms with Crippen molar-refractivity contribution in [2.75, 3.05) is 5.75 Å². The van der Waals surface area contributed by atoms with E-state index >= 15 is 0 Å². The first-order valence-corrected chi connectivity index (χ1v) is 7.55. The Morgan fingerprint density at radius 3 is 2.29 bits per heavy atom. The first-order chi connectivity index (χ1) is 7.55. The van der Waals surface area contributed by atoms with Gasteiger partial charge in [0.25, 0.3) is 0 Å². The van der Waals surface area contributed by atoms with E-state index in [0.717, 1.165) is 23.8 Å². The van der Waals surface area contributed by atoms with Gasteiger partial charge in [0, 0.05) is 11.3 Å². The van der Waals surface area contributed by atoms with Gasteiger partial charge >= 0.3 is 0 Å². The Hall–Kier alpha value is -0.180. The van der Waals surface area contributed by atoms with E-state index in [2.05, 4.69) is 53.8 Å². The van der Waals surface area contributed by atoms with Crippen molar-refractivity contribution in [2.45, 2.75) is 72.4 Å². The van der Waals surface area contributed by atoms with Crippen LogP contribution in [0.5, 0.6) is 0 Å². The Labute approximate surface area is 111 Å². The minimum absolute atomic E-state index is 0.114. The molecule has 0 saturated carbocycles. The minimum atomic E-state index is 0.114. The van der Waals surface area contributed by atoms with Crippen LogP contribution in [0.15, 0.2) is 4.99 Å². The molecule has 0 aromatic rings. The Balaban J connectivity index is 2.63. The fourth-order valence-electron chi connectivity index (χ4n) is 2.44. The Bertz CT molecular complexity index is 302. The number of hydrogen-bond acceptors (Lipinski definition) is 3. The topological polar surface area (TPSA) is 24.4 Å².